The van der Waals surface area contributed by atoms with Crippen LogP contribution in [0, 0.1) is 5.92 Å². The monoisotopic (exact) mass is 154 g/mol. The van der Waals surface area contributed by atoms with Gasteiger partial charge in [-0.3, -0.25) is 4.79 Å². The molecule has 0 amide bonds. The van der Waals surface area contributed by atoms with Gasteiger partial charge >= 0.3 is 0 Å². The molecule has 0 atom stereocenters. The van der Waals surface area contributed by atoms with Crippen LogP contribution < -0.4 is 0 Å². The first-order chi connectivity index (χ1) is 5.30. The Morgan fingerprint density at radius 2 is 1.45 bits per heavy atom. The topological polar surface area (TPSA) is 17.1 Å². The lowest BCUT2D eigenvalue weighted by atomic mass is 9.89. The minimum Gasteiger partial charge on any atom is -0.300 e. The minimum absolute atomic E-state index is 0.398. The molecule has 1 aliphatic carbocycles. The maximum absolute atomic E-state index is 11.1. The zero-order chi connectivity index (χ0) is 8.10. The van der Waals surface area contributed by atoms with Crippen molar-refractivity contribution >= 4 is 5.78 Å². The fraction of sp³-hybridized carbons (Fsp3) is 0.900. The average Bonchev–Trinajstić information content (AvgIpc) is 1.84. The maximum atomic E-state index is 11.1. The van der Waals surface area contributed by atoms with Gasteiger partial charge in [-0.2, -0.15) is 0 Å². The van der Waals surface area contributed by atoms with E-state index in [1.54, 1.807) is 6.92 Å². The highest BCUT2D eigenvalue weighted by Gasteiger charge is 2.14. The third-order valence-electron chi connectivity index (χ3n) is 2.68. The summed E-state index contributed by atoms with van der Waals surface area (Å²) in [5.41, 5.74) is 0. The fourth-order valence-corrected chi connectivity index (χ4v) is 1.86. The molecular formula is C10H18O. The second kappa shape index (κ2) is 4.53. The highest BCUT2D eigenvalue weighted by molar-refractivity contribution is 5.78. The molecule has 0 aromatic carbocycles. The van der Waals surface area contributed by atoms with Gasteiger partial charge in [-0.15, -0.1) is 0 Å². The lowest BCUT2D eigenvalue weighted by molar-refractivity contribution is -0.121. The molecule has 64 valence electrons. The van der Waals surface area contributed by atoms with Crippen LogP contribution in [-0.4, -0.2) is 5.78 Å². The van der Waals surface area contributed by atoms with Gasteiger partial charge in [0.25, 0.3) is 0 Å². The number of hydrogen-bond donors (Lipinski definition) is 0. The Morgan fingerprint density at radius 3 is 1.91 bits per heavy atom. The first kappa shape index (κ1) is 8.76. The number of Topliss-reactive ketones (excluding diaryl/α,β-unsaturated/α-hetero) is 1. The van der Waals surface area contributed by atoms with Crippen molar-refractivity contribution in [3.05, 3.63) is 0 Å². The van der Waals surface area contributed by atoms with Crippen molar-refractivity contribution < 1.29 is 4.79 Å². The third kappa shape index (κ3) is 3.04. The largest absolute Gasteiger partial charge is 0.300 e. The Morgan fingerprint density at radius 1 is 1.00 bits per heavy atom. The van der Waals surface area contributed by atoms with Crippen LogP contribution in [0.15, 0.2) is 0 Å². The number of ketones is 1. The number of hydrogen-bond acceptors (Lipinski definition) is 1. The minimum atomic E-state index is 0.398. The molecule has 0 aliphatic heterocycles. The molecule has 11 heavy (non-hydrogen) atoms. The molecule has 0 spiro atoms. The lowest BCUT2D eigenvalue weighted by Gasteiger charge is -2.16. The van der Waals surface area contributed by atoms with E-state index in [0.717, 1.165) is 12.8 Å². The summed E-state index contributed by atoms with van der Waals surface area (Å²) in [6.45, 7) is 1.74. The first-order valence-corrected chi connectivity index (χ1v) is 4.81. The summed E-state index contributed by atoms with van der Waals surface area (Å²) in [6.07, 6.45) is 8.89. The van der Waals surface area contributed by atoms with Crippen LogP contribution in [0.25, 0.3) is 0 Å². The molecule has 1 aliphatic rings. The Bertz CT molecular complexity index is 121. The second-order valence-corrected chi connectivity index (χ2v) is 3.65. The number of carbonyl (C=O) groups excluding carboxylic acids is 1. The smallest absolute Gasteiger partial charge is 0.132 e. The van der Waals surface area contributed by atoms with Crippen molar-refractivity contribution in [2.24, 2.45) is 5.92 Å². The number of rotatable bonds is 1. The van der Waals surface area contributed by atoms with E-state index in [2.05, 4.69) is 0 Å². The van der Waals surface area contributed by atoms with Crippen molar-refractivity contribution in [2.45, 2.75) is 51.9 Å². The summed E-state index contributed by atoms with van der Waals surface area (Å²) in [6, 6.07) is 0. The molecule has 0 radical (unpaired) electrons. The summed E-state index contributed by atoms with van der Waals surface area (Å²) >= 11 is 0. The summed E-state index contributed by atoms with van der Waals surface area (Å²) in [5, 5.41) is 0. The predicted octanol–water partition coefficient (Wildman–Crippen LogP) is 2.94. The van der Waals surface area contributed by atoms with Gasteiger partial charge in [0.2, 0.25) is 0 Å². The van der Waals surface area contributed by atoms with Crippen molar-refractivity contribution in [1.29, 1.82) is 0 Å². The SMILES string of the molecule is CC(=O)C1CCCCCCC1. The van der Waals surface area contributed by atoms with E-state index in [1.165, 1.54) is 32.1 Å². The Hall–Kier alpha value is -0.330. The van der Waals surface area contributed by atoms with Crippen LogP contribution in [0.2, 0.25) is 0 Å². The van der Waals surface area contributed by atoms with Gasteiger partial charge in [-0.25, -0.2) is 0 Å². The average molecular weight is 154 g/mol. The van der Waals surface area contributed by atoms with Crippen LogP contribution in [0.5, 0.6) is 0 Å². The summed E-state index contributed by atoms with van der Waals surface area (Å²) in [7, 11) is 0. The number of carbonyl (C=O) groups is 1. The van der Waals surface area contributed by atoms with Crippen LogP contribution >= 0.6 is 0 Å². The van der Waals surface area contributed by atoms with E-state index >= 15 is 0 Å². The molecule has 0 unspecified atom stereocenters. The van der Waals surface area contributed by atoms with Gasteiger partial charge in [0.15, 0.2) is 0 Å². The maximum Gasteiger partial charge on any atom is 0.132 e. The summed E-state index contributed by atoms with van der Waals surface area (Å²) in [4.78, 5) is 11.1. The molecule has 1 saturated carbocycles. The zero-order valence-corrected chi connectivity index (χ0v) is 7.44. The molecule has 1 rings (SSSR count). The Labute approximate surface area is 69.2 Å². The zero-order valence-electron chi connectivity index (χ0n) is 7.44. The molecular weight excluding hydrogens is 136 g/mol. The predicted molar refractivity (Wildman–Crippen MR) is 46.5 cm³/mol. The van der Waals surface area contributed by atoms with E-state index < -0.39 is 0 Å². The second-order valence-electron chi connectivity index (χ2n) is 3.65. The lowest BCUT2D eigenvalue weighted by Crippen LogP contribution is -2.12. The summed E-state index contributed by atoms with van der Waals surface area (Å²) in [5.74, 6) is 0.808. The van der Waals surface area contributed by atoms with Crippen molar-refractivity contribution in [1.82, 2.24) is 0 Å². The van der Waals surface area contributed by atoms with E-state index in [4.69, 9.17) is 0 Å². The van der Waals surface area contributed by atoms with E-state index in [9.17, 15) is 4.79 Å². The van der Waals surface area contributed by atoms with Gasteiger partial charge in [0.05, 0.1) is 0 Å². The fourth-order valence-electron chi connectivity index (χ4n) is 1.86. The molecule has 0 aromatic rings. The van der Waals surface area contributed by atoms with E-state index in [-0.39, 0.29) is 0 Å². The van der Waals surface area contributed by atoms with Crippen LogP contribution in [-0.2, 0) is 4.79 Å². The van der Waals surface area contributed by atoms with Crippen LogP contribution in [0.3, 0.4) is 0 Å². The molecule has 1 heteroatoms. The third-order valence-corrected chi connectivity index (χ3v) is 2.68. The van der Waals surface area contributed by atoms with Gasteiger partial charge < -0.3 is 0 Å². The molecule has 0 N–H and O–H groups in total. The molecule has 0 bridgehead atoms. The normalized spacial score (nSPS) is 22.3. The van der Waals surface area contributed by atoms with Crippen molar-refractivity contribution in [3.8, 4) is 0 Å². The molecule has 0 heterocycles. The van der Waals surface area contributed by atoms with Crippen LogP contribution in [0.4, 0.5) is 0 Å². The first-order valence-electron chi connectivity index (χ1n) is 4.81. The van der Waals surface area contributed by atoms with Gasteiger partial charge in [-0.05, 0) is 19.8 Å². The van der Waals surface area contributed by atoms with E-state index in [1.807, 2.05) is 0 Å². The molecule has 0 saturated heterocycles. The quantitative estimate of drug-likeness (QED) is 0.567. The van der Waals surface area contributed by atoms with Crippen LogP contribution in [0.1, 0.15) is 51.9 Å². The van der Waals surface area contributed by atoms with Gasteiger partial charge in [0.1, 0.15) is 5.78 Å². The highest BCUT2D eigenvalue weighted by Crippen LogP contribution is 2.22. The van der Waals surface area contributed by atoms with Crippen molar-refractivity contribution in [2.75, 3.05) is 0 Å². The molecule has 0 aromatic heterocycles. The Kier molecular flexibility index (Phi) is 3.61. The summed E-state index contributed by atoms with van der Waals surface area (Å²) < 4.78 is 0. The van der Waals surface area contributed by atoms with Gasteiger partial charge in [0, 0.05) is 5.92 Å². The van der Waals surface area contributed by atoms with Crippen molar-refractivity contribution in [3.63, 3.8) is 0 Å². The van der Waals surface area contributed by atoms with E-state index in [0.29, 0.717) is 11.7 Å². The molecule has 1 fully saturated rings. The highest BCUT2D eigenvalue weighted by atomic mass is 16.1. The standard InChI is InChI=1S/C10H18O/c1-9(11)10-7-5-3-2-4-6-8-10/h10H,2-8H2,1H3. The molecule has 1 nitrogen and oxygen atoms in total. The van der Waals surface area contributed by atoms with Gasteiger partial charge in [-0.1, -0.05) is 32.1 Å². The Balaban J connectivity index is 2.32.